The number of halogens is 3. The highest BCUT2D eigenvalue weighted by atomic mass is 32.1. The van der Waals surface area contributed by atoms with E-state index in [0.29, 0.717) is 5.56 Å². The molecule has 7 heteroatoms. The van der Waals surface area contributed by atoms with Crippen LogP contribution in [-0.4, -0.2) is 17.1 Å². The van der Waals surface area contributed by atoms with Gasteiger partial charge in [-0.2, -0.15) is 13.2 Å². The van der Waals surface area contributed by atoms with Crippen LogP contribution in [-0.2, 0) is 11.0 Å². The van der Waals surface area contributed by atoms with E-state index in [1.165, 1.54) is 12.1 Å². The molecule has 1 atom stereocenters. The van der Waals surface area contributed by atoms with E-state index >= 15 is 0 Å². The zero-order valence-electron chi connectivity index (χ0n) is 12.6. The second-order valence-corrected chi connectivity index (χ2v) is 5.83. The van der Waals surface area contributed by atoms with Crippen molar-refractivity contribution in [1.82, 2.24) is 5.32 Å². The van der Waals surface area contributed by atoms with Gasteiger partial charge in [0.25, 0.3) is 5.91 Å². The largest absolute Gasteiger partial charge is 0.417 e. The van der Waals surface area contributed by atoms with Gasteiger partial charge in [0.05, 0.1) is 11.3 Å². The van der Waals surface area contributed by atoms with Gasteiger partial charge in [-0.3, -0.25) is 9.69 Å². The molecule has 1 N–H and O–H groups in total. The van der Waals surface area contributed by atoms with Gasteiger partial charge < -0.3 is 5.32 Å². The Balaban J connectivity index is 2.13. The molecule has 0 saturated carbocycles. The van der Waals surface area contributed by atoms with Crippen molar-refractivity contribution >= 4 is 28.9 Å². The Morgan fingerprint density at radius 1 is 1.12 bits per heavy atom. The van der Waals surface area contributed by atoms with Gasteiger partial charge in [-0.15, -0.1) is 0 Å². The van der Waals surface area contributed by atoms with E-state index in [-0.39, 0.29) is 22.3 Å². The molecule has 0 aliphatic carbocycles. The monoisotopic (exact) mass is 350 g/mol. The Kier molecular flexibility index (Phi) is 4.04. The van der Waals surface area contributed by atoms with Crippen molar-refractivity contribution in [3.63, 3.8) is 0 Å². The standard InChI is InChI=1S/C17H13F3N2OS/c1-10-15(23)22(16(24)21-10)12-7-8-13(11-5-3-2-4-6-11)14(9-12)17(18,19)20/h2-10H,1H3,(H,21,24). The van der Waals surface area contributed by atoms with Gasteiger partial charge in [0.1, 0.15) is 6.04 Å². The van der Waals surface area contributed by atoms with Crippen LogP contribution in [0.1, 0.15) is 12.5 Å². The lowest BCUT2D eigenvalue weighted by molar-refractivity contribution is -0.137. The third-order valence-electron chi connectivity index (χ3n) is 3.79. The average molecular weight is 350 g/mol. The minimum absolute atomic E-state index is 0.0606. The molecule has 0 aromatic heterocycles. The number of anilines is 1. The van der Waals surface area contributed by atoms with Crippen LogP contribution in [0.15, 0.2) is 48.5 Å². The van der Waals surface area contributed by atoms with E-state index in [2.05, 4.69) is 5.32 Å². The van der Waals surface area contributed by atoms with Crippen LogP contribution in [0.3, 0.4) is 0 Å². The van der Waals surface area contributed by atoms with Gasteiger partial charge in [-0.25, -0.2) is 0 Å². The molecule has 124 valence electrons. The number of hydrogen-bond acceptors (Lipinski definition) is 2. The van der Waals surface area contributed by atoms with Gasteiger partial charge in [-0.05, 0) is 42.4 Å². The van der Waals surface area contributed by atoms with E-state index in [0.717, 1.165) is 11.0 Å². The SMILES string of the molecule is CC1NC(=S)N(c2ccc(-c3ccccc3)c(C(F)(F)F)c2)C1=O. The summed E-state index contributed by atoms with van der Waals surface area (Å²) in [4.78, 5) is 13.2. The first-order valence-corrected chi connectivity index (χ1v) is 7.61. The molecule has 1 unspecified atom stereocenters. The van der Waals surface area contributed by atoms with Crippen molar-refractivity contribution in [2.45, 2.75) is 19.1 Å². The number of carbonyl (C=O) groups excluding carboxylic acids is 1. The highest BCUT2D eigenvalue weighted by Crippen LogP contribution is 2.39. The third kappa shape index (κ3) is 2.87. The number of benzene rings is 2. The Bertz CT molecular complexity index is 805. The van der Waals surface area contributed by atoms with E-state index < -0.39 is 17.8 Å². The lowest BCUT2D eigenvalue weighted by Gasteiger charge is -2.19. The second kappa shape index (κ2) is 5.90. The second-order valence-electron chi connectivity index (χ2n) is 5.44. The van der Waals surface area contributed by atoms with E-state index in [1.54, 1.807) is 37.3 Å². The number of alkyl halides is 3. The summed E-state index contributed by atoms with van der Waals surface area (Å²) in [5, 5.41) is 2.85. The molecule has 0 bridgehead atoms. The maximum absolute atomic E-state index is 13.5. The topological polar surface area (TPSA) is 32.3 Å². The maximum Gasteiger partial charge on any atom is 0.417 e. The molecule has 1 amide bonds. The number of carbonyl (C=O) groups is 1. The first kappa shape index (κ1) is 16.4. The quantitative estimate of drug-likeness (QED) is 0.832. The molecule has 1 saturated heterocycles. The highest BCUT2D eigenvalue weighted by Gasteiger charge is 2.37. The Hall–Kier alpha value is -2.41. The van der Waals surface area contributed by atoms with Crippen molar-refractivity contribution < 1.29 is 18.0 Å². The molecule has 1 aliphatic heterocycles. The lowest BCUT2D eigenvalue weighted by Crippen LogP contribution is -2.31. The summed E-state index contributed by atoms with van der Waals surface area (Å²) in [6.07, 6.45) is -4.55. The van der Waals surface area contributed by atoms with Crippen LogP contribution < -0.4 is 10.2 Å². The summed E-state index contributed by atoms with van der Waals surface area (Å²) >= 11 is 5.05. The van der Waals surface area contributed by atoms with Crippen molar-refractivity contribution in [2.75, 3.05) is 4.90 Å². The lowest BCUT2D eigenvalue weighted by atomic mass is 9.98. The summed E-state index contributed by atoms with van der Waals surface area (Å²) in [5.41, 5.74) is -0.182. The molecule has 1 fully saturated rings. The molecule has 3 rings (SSSR count). The van der Waals surface area contributed by atoms with Gasteiger partial charge in [-0.1, -0.05) is 36.4 Å². The smallest absolute Gasteiger partial charge is 0.350 e. The van der Waals surface area contributed by atoms with Crippen LogP contribution in [0.4, 0.5) is 18.9 Å². The number of rotatable bonds is 2. The van der Waals surface area contributed by atoms with E-state index in [4.69, 9.17) is 12.2 Å². The van der Waals surface area contributed by atoms with Crippen LogP contribution in [0.2, 0.25) is 0 Å². The number of thiocarbonyl (C=S) groups is 1. The predicted molar refractivity (Wildman–Crippen MR) is 89.6 cm³/mol. The number of amides is 1. The molecule has 1 heterocycles. The molecule has 0 spiro atoms. The van der Waals surface area contributed by atoms with Gasteiger partial charge in [0.15, 0.2) is 5.11 Å². The average Bonchev–Trinajstić information content (AvgIpc) is 2.79. The molecular formula is C17H13F3N2OS. The number of nitrogens with one attached hydrogen (secondary N) is 1. The fourth-order valence-corrected chi connectivity index (χ4v) is 3.00. The minimum Gasteiger partial charge on any atom is -0.350 e. The third-order valence-corrected chi connectivity index (χ3v) is 4.09. The summed E-state index contributed by atoms with van der Waals surface area (Å²) in [5.74, 6) is -0.374. The molecular weight excluding hydrogens is 337 g/mol. The predicted octanol–water partition coefficient (Wildman–Crippen LogP) is 3.98. The van der Waals surface area contributed by atoms with Crippen molar-refractivity contribution in [3.05, 3.63) is 54.1 Å². The van der Waals surface area contributed by atoms with Crippen molar-refractivity contribution in [3.8, 4) is 11.1 Å². The Morgan fingerprint density at radius 3 is 2.33 bits per heavy atom. The fraction of sp³-hybridized carbons (Fsp3) is 0.176. The summed E-state index contributed by atoms with van der Waals surface area (Å²) in [6, 6.07) is 11.6. The van der Waals surface area contributed by atoms with Crippen LogP contribution >= 0.6 is 12.2 Å². The van der Waals surface area contributed by atoms with Gasteiger partial charge in [0.2, 0.25) is 0 Å². The summed E-state index contributed by atoms with van der Waals surface area (Å²) in [6.45, 7) is 1.61. The van der Waals surface area contributed by atoms with Crippen LogP contribution in [0.5, 0.6) is 0 Å². The molecule has 2 aromatic rings. The Morgan fingerprint density at radius 2 is 1.79 bits per heavy atom. The first-order chi connectivity index (χ1) is 11.3. The van der Waals surface area contributed by atoms with Gasteiger partial charge >= 0.3 is 6.18 Å². The van der Waals surface area contributed by atoms with Crippen LogP contribution in [0, 0.1) is 0 Å². The van der Waals surface area contributed by atoms with Crippen molar-refractivity contribution in [1.29, 1.82) is 0 Å². The molecule has 2 aromatic carbocycles. The number of hydrogen-bond donors (Lipinski definition) is 1. The fourth-order valence-electron chi connectivity index (χ4n) is 2.63. The molecule has 24 heavy (non-hydrogen) atoms. The molecule has 3 nitrogen and oxygen atoms in total. The minimum atomic E-state index is -4.55. The summed E-state index contributed by atoms with van der Waals surface area (Å²) < 4.78 is 40.6. The van der Waals surface area contributed by atoms with Crippen molar-refractivity contribution in [2.24, 2.45) is 0 Å². The van der Waals surface area contributed by atoms with Gasteiger partial charge in [0, 0.05) is 0 Å². The van der Waals surface area contributed by atoms with E-state index in [9.17, 15) is 18.0 Å². The normalized spacial score (nSPS) is 18.0. The Labute approximate surface area is 142 Å². The highest BCUT2D eigenvalue weighted by molar-refractivity contribution is 7.80. The first-order valence-electron chi connectivity index (χ1n) is 7.20. The van der Waals surface area contributed by atoms with E-state index in [1.807, 2.05) is 0 Å². The zero-order chi connectivity index (χ0) is 17.5. The molecule has 1 aliphatic rings. The maximum atomic E-state index is 13.5. The van der Waals surface area contributed by atoms with Crippen LogP contribution in [0.25, 0.3) is 11.1 Å². The zero-order valence-corrected chi connectivity index (χ0v) is 13.4. The molecule has 0 radical (unpaired) electrons. The summed E-state index contributed by atoms with van der Waals surface area (Å²) in [7, 11) is 0. The number of nitrogens with zero attached hydrogens (tertiary/aromatic N) is 1.